The minimum absolute atomic E-state index is 0.308. The number of hydrogen-bond acceptors (Lipinski definition) is 3. The Hall–Kier alpha value is -3.39. The molecule has 0 saturated heterocycles. The standard InChI is InChI=1S/C21H14F3N3OS/c22-21(23,24)19-13-17(18-7-4-12-29-18)27(26-19)16-10-8-14(9-11-16)20(28)25-15-5-2-1-3-6-15/h1-13H,(H,25,28). The number of amides is 1. The molecule has 4 nitrogen and oxygen atoms in total. The Labute approximate surface area is 168 Å². The van der Waals surface area contributed by atoms with Crippen molar-refractivity contribution in [3.05, 3.63) is 89.4 Å². The Kier molecular flexibility index (Phi) is 4.94. The Bertz CT molecular complexity index is 1120. The van der Waals surface area contributed by atoms with Crippen molar-refractivity contribution in [3.63, 3.8) is 0 Å². The van der Waals surface area contributed by atoms with Crippen molar-refractivity contribution in [3.8, 4) is 16.3 Å². The molecule has 0 aliphatic rings. The molecule has 0 bridgehead atoms. The van der Waals surface area contributed by atoms with Crippen LogP contribution in [0.15, 0.2) is 78.2 Å². The lowest BCUT2D eigenvalue weighted by atomic mass is 10.2. The molecule has 1 N–H and O–H groups in total. The SMILES string of the molecule is O=C(Nc1ccccc1)c1ccc(-n2nc(C(F)(F)F)cc2-c2cccs2)cc1. The summed E-state index contributed by atoms with van der Waals surface area (Å²) in [4.78, 5) is 13.0. The van der Waals surface area contributed by atoms with Gasteiger partial charge in [0, 0.05) is 11.3 Å². The van der Waals surface area contributed by atoms with Crippen LogP contribution >= 0.6 is 11.3 Å². The molecule has 0 fully saturated rings. The lowest BCUT2D eigenvalue weighted by molar-refractivity contribution is -0.141. The fourth-order valence-corrected chi connectivity index (χ4v) is 3.52. The van der Waals surface area contributed by atoms with E-state index in [9.17, 15) is 18.0 Å². The van der Waals surface area contributed by atoms with E-state index in [4.69, 9.17) is 0 Å². The predicted molar refractivity (Wildman–Crippen MR) is 106 cm³/mol. The maximum absolute atomic E-state index is 13.2. The largest absolute Gasteiger partial charge is 0.435 e. The van der Waals surface area contributed by atoms with E-state index >= 15 is 0 Å². The number of benzene rings is 2. The fourth-order valence-electron chi connectivity index (χ4n) is 2.80. The number of rotatable bonds is 4. The van der Waals surface area contributed by atoms with Gasteiger partial charge in [0.25, 0.3) is 5.91 Å². The van der Waals surface area contributed by atoms with E-state index in [1.165, 1.54) is 16.0 Å². The molecule has 2 heterocycles. The fraction of sp³-hybridized carbons (Fsp3) is 0.0476. The zero-order chi connectivity index (χ0) is 20.4. The van der Waals surface area contributed by atoms with Crippen LogP contribution in [0.4, 0.5) is 18.9 Å². The van der Waals surface area contributed by atoms with Gasteiger partial charge in [-0.15, -0.1) is 11.3 Å². The zero-order valence-electron chi connectivity index (χ0n) is 14.9. The molecule has 0 saturated carbocycles. The van der Waals surface area contributed by atoms with Crippen molar-refractivity contribution >= 4 is 22.9 Å². The van der Waals surface area contributed by atoms with Gasteiger partial charge in [0.15, 0.2) is 5.69 Å². The van der Waals surface area contributed by atoms with Crippen molar-refractivity contribution < 1.29 is 18.0 Å². The van der Waals surface area contributed by atoms with Gasteiger partial charge in [-0.25, -0.2) is 4.68 Å². The van der Waals surface area contributed by atoms with Crippen molar-refractivity contribution in [2.45, 2.75) is 6.18 Å². The molecule has 146 valence electrons. The first-order valence-electron chi connectivity index (χ1n) is 8.60. The van der Waals surface area contributed by atoms with Gasteiger partial charge in [0.1, 0.15) is 0 Å². The summed E-state index contributed by atoms with van der Waals surface area (Å²) in [5, 5.41) is 8.30. The van der Waals surface area contributed by atoms with E-state index in [2.05, 4.69) is 10.4 Å². The molecule has 2 aromatic carbocycles. The maximum Gasteiger partial charge on any atom is 0.435 e. The van der Waals surface area contributed by atoms with Gasteiger partial charge in [-0.3, -0.25) is 4.79 Å². The number of para-hydroxylation sites is 1. The van der Waals surface area contributed by atoms with Crippen LogP contribution in [0.3, 0.4) is 0 Å². The zero-order valence-corrected chi connectivity index (χ0v) is 15.7. The summed E-state index contributed by atoms with van der Waals surface area (Å²) >= 11 is 1.33. The molecule has 0 unspecified atom stereocenters. The Morgan fingerprint density at radius 3 is 2.31 bits per heavy atom. The number of thiophene rings is 1. The lowest BCUT2D eigenvalue weighted by Gasteiger charge is -2.08. The van der Waals surface area contributed by atoms with Crippen LogP contribution in [0.2, 0.25) is 0 Å². The van der Waals surface area contributed by atoms with Crippen LogP contribution in [-0.4, -0.2) is 15.7 Å². The number of anilines is 1. The number of carbonyl (C=O) groups is 1. The van der Waals surface area contributed by atoms with Crippen LogP contribution in [0.5, 0.6) is 0 Å². The number of nitrogens with one attached hydrogen (secondary N) is 1. The average Bonchev–Trinajstić information content (AvgIpc) is 3.38. The minimum atomic E-state index is -4.55. The number of halogens is 3. The molecule has 0 radical (unpaired) electrons. The third-order valence-corrected chi connectivity index (χ3v) is 5.07. The number of nitrogens with zero attached hydrogens (tertiary/aromatic N) is 2. The maximum atomic E-state index is 13.2. The van der Waals surface area contributed by atoms with E-state index in [1.54, 1.807) is 66.0 Å². The highest BCUT2D eigenvalue weighted by molar-refractivity contribution is 7.13. The van der Waals surface area contributed by atoms with E-state index < -0.39 is 11.9 Å². The Balaban J connectivity index is 1.65. The summed E-state index contributed by atoms with van der Waals surface area (Å²) in [6, 6.07) is 19.8. The monoisotopic (exact) mass is 413 g/mol. The molecule has 1 amide bonds. The third-order valence-electron chi connectivity index (χ3n) is 4.18. The normalized spacial score (nSPS) is 11.4. The van der Waals surface area contributed by atoms with Gasteiger partial charge in [0.05, 0.1) is 16.3 Å². The number of alkyl halides is 3. The molecule has 0 aliphatic carbocycles. The molecule has 4 rings (SSSR count). The van der Waals surface area contributed by atoms with Crippen LogP contribution in [0.25, 0.3) is 16.3 Å². The van der Waals surface area contributed by atoms with Crippen molar-refractivity contribution in [1.82, 2.24) is 9.78 Å². The van der Waals surface area contributed by atoms with E-state index in [0.29, 0.717) is 27.5 Å². The lowest BCUT2D eigenvalue weighted by Crippen LogP contribution is -2.12. The third kappa shape index (κ3) is 4.07. The summed E-state index contributed by atoms with van der Waals surface area (Å²) in [7, 11) is 0. The molecule has 2 aromatic heterocycles. The Morgan fingerprint density at radius 2 is 1.69 bits per heavy atom. The van der Waals surface area contributed by atoms with Crippen LogP contribution < -0.4 is 5.32 Å². The van der Waals surface area contributed by atoms with Gasteiger partial charge < -0.3 is 5.32 Å². The van der Waals surface area contributed by atoms with Crippen LogP contribution in [0, 0.1) is 0 Å². The first kappa shape index (κ1) is 18.9. The number of carbonyl (C=O) groups excluding carboxylic acids is 1. The highest BCUT2D eigenvalue weighted by atomic mass is 32.1. The smallest absolute Gasteiger partial charge is 0.322 e. The van der Waals surface area contributed by atoms with Crippen LogP contribution in [0.1, 0.15) is 16.1 Å². The minimum Gasteiger partial charge on any atom is -0.322 e. The van der Waals surface area contributed by atoms with Gasteiger partial charge >= 0.3 is 6.18 Å². The topological polar surface area (TPSA) is 46.9 Å². The van der Waals surface area contributed by atoms with Gasteiger partial charge in [-0.2, -0.15) is 18.3 Å². The van der Waals surface area contributed by atoms with Gasteiger partial charge in [0.2, 0.25) is 0 Å². The summed E-state index contributed by atoms with van der Waals surface area (Å²) in [6.07, 6.45) is -4.55. The van der Waals surface area contributed by atoms with Crippen molar-refractivity contribution in [1.29, 1.82) is 0 Å². The van der Waals surface area contributed by atoms with Crippen molar-refractivity contribution in [2.24, 2.45) is 0 Å². The predicted octanol–water partition coefficient (Wildman–Crippen LogP) is 5.87. The van der Waals surface area contributed by atoms with E-state index in [0.717, 1.165) is 6.07 Å². The van der Waals surface area contributed by atoms with E-state index in [1.807, 2.05) is 6.07 Å². The van der Waals surface area contributed by atoms with Crippen LogP contribution in [-0.2, 0) is 6.18 Å². The molecule has 0 spiro atoms. The summed E-state index contributed by atoms with van der Waals surface area (Å²) in [5.41, 5.74) is 0.850. The number of aromatic nitrogens is 2. The number of hydrogen-bond donors (Lipinski definition) is 1. The van der Waals surface area contributed by atoms with Gasteiger partial charge in [-0.1, -0.05) is 24.3 Å². The molecule has 4 aromatic rings. The molecular weight excluding hydrogens is 399 g/mol. The van der Waals surface area contributed by atoms with Crippen molar-refractivity contribution in [2.75, 3.05) is 5.32 Å². The second kappa shape index (κ2) is 7.56. The molecule has 8 heteroatoms. The highest BCUT2D eigenvalue weighted by Gasteiger charge is 2.35. The van der Waals surface area contributed by atoms with Gasteiger partial charge in [-0.05, 0) is 53.9 Å². The first-order valence-corrected chi connectivity index (χ1v) is 9.48. The Morgan fingerprint density at radius 1 is 0.966 bits per heavy atom. The molecule has 0 atom stereocenters. The second-order valence-electron chi connectivity index (χ2n) is 6.17. The quantitative estimate of drug-likeness (QED) is 0.455. The summed E-state index contributed by atoms with van der Waals surface area (Å²) in [6.45, 7) is 0. The molecule has 0 aliphatic heterocycles. The molecular formula is C21H14F3N3OS. The first-order chi connectivity index (χ1) is 13.9. The summed E-state index contributed by atoms with van der Waals surface area (Å²) < 4.78 is 40.8. The highest BCUT2D eigenvalue weighted by Crippen LogP contribution is 2.34. The average molecular weight is 413 g/mol. The van der Waals surface area contributed by atoms with E-state index in [-0.39, 0.29) is 5.91 Å². The second-order valence-corrected chi connectivity index (χ2v) is 7.12. The summed E-state index contributed by atoms with van der Waals surface area (Å²) in [5.74, 6) is -0.308. The molecule has 29 heavy (non-hydrogen) atoms.